The van der Waals surface area contributed by atoms with E-state index in [1.165, 1.54) is 19.4 Å². The number of rotatable bonds is 3. The molecule has 1 amide bonds. The summed E-state index contributed by atoms with van der Waals surface area (Å²) in [6.07, 6.45) is 0. The van der Waals surface area contributed by atoms with Crippen molar-refractivity contribution < 1.29 is 9.90 Å². The van der Waals surface area contributed by atoms with E-state index in [1.807, 2.05) is 18.4 Å². The van der Waals surface area contributed by atoms with Gasteiger partial charge in [0.25, 0.3) is 5.91 Å². The maximum Gasteiger partial charge on any atom is 0.254 e. The zero-order valence-electron chi connectivity index (χ0n) is 9.57. The van der Waals surface area contributed by atoms with Crippen LogP contribution in [0.15, 0.2) is 11.4 Å². The van der Waals surface area contributed by atoms with E-state index in [9.17, 15) is 9.90 Å². The van der Waals surface area contributed by atoms with Gasteiger partial charge in [-0.25, -0.2) is 0 Å². The topological polar surface area (TPSA) is 40.5 Å². The van der Waals surface area contributed by atoms with Crippen molar-refractivity contribution in [1.29, 1.82) is 0 Å². The van der Waals surface area contributed by atoms with Gasteiger partial charge in [0.1, 0.15) is 5.60 Å². The second-order valence-electron chi connectivity index (χ2n) is 4.25. The summed E-state index contributed by atoms with van der Waals surface area (Å²) >= 11 is 1.63. The summed E-state index contributed by atoms with van der Waals surface area (Å²) in [5.41, 5.74) is -0.102. The van der Waals surface area contributed by atoms with E-state index >= 15 is 0 Å². The minimum atomic E-state index is -1.29. The maximum atomic E-state index is 11.7. The monoisotopic (exact) mass is 227 g/mol. The molecule has 1 rings (SSSR count). The molecule has 0 aliphatic rings. The van der Waals surface area contributed by atoms with E-state index in [1.54, 1.807) is 23.3 Å². The number of likely N-dealkylation sites (N-methyl/N-ethyl adjacent to an activating group) is 1. The quantitative estimate of drug-likeness (QED) is 0.855. The first-order chi connectivity index (χ1) is 6.82. The maximum absolute atomic E-state index is 11.7. The Labute approximate surface area is 94.3 Å². The fourth-order valence-corrected chi connectivity index (χ4v) is 2.28. The SMILES string of the molecule is Cc1ccsc1CN(C)C(=O)C(C)(C)O. The molecule has 0 bridgehead atoms. The highest BCUT2D eigenvalue weighted by Gasteiger charge is 2.27. The predicted molar refractivity (Wildman–Crippen MR) is 61.8 cm³/mol. The van der Waals surface area contributed by atoms with Crippen LogP contribution in [0.2, 0.25) is 0 Å². The Morgan fingerprint density at radius 2 is 2.20 bits per heavy atom. The number of nitrogens with zero attached hydrogens (tertiary/aromatic N) is 1. The highest BCUT2D eigenvalue weighted by molar-refractivity contribution is 7.10. The van der Waals surface area contributed by atoms with Crippen molar-refractivity contribution >= 4 is 17.2 Å². The molecule has 1 N–H and O–H groups in total. The lowest BCUT2D eigenvalue weighted by atomic mass is 10.1. The first-order valence-electron chi connectivity index (χ1n) is 4.83. The molecule has 0 unspecified atom stereocenters. The lowest BCUT2D eigenvalue weighted by Crippen LogP contribution is -2.42. The summed E-state index contributed by atoms with van der Waals surface area (Å²) in [5, 5.41) is 11.6. The van der Waals surface area contributed by atoms with Crippen LogP contribution in [0.1, 0.15) is 24.3 Å². The summed E-state index contributed by atoms with van der Waals surface area (Å²) < 4.78 is 0. The number of carbonyl (C=O) groups excluding carboxylic acids is 1. The number of carbonyl (C=O) groups is 1. The number of hydrogen-bond donors (Lipinski definition) is 1. The molecule has 0 aliphatic carbocycles. The molecule has 0 saturated heterocycles. The zero-order chi connectivity index (χ0) is 11.6. The molecular weight excluding hydrogens is 210 g/mol. The van der Waals surface area contributed by atoms with Crippen LogP contribution in [0.4, 0.5) is 0 Å². The Balaban J connectivity index is 2.68. The Morgan fingerprint density at radius 3 is 2.60 bits per heavy atom. The third kappa shape index (κ3) is 3.04. The average molecular weight is 227 g/mol. The van der Waals surface area contributed by atoms with Crippen molar-refractivity contribution in [2.24, 2.45) is 0 Å². The Hall–Kier alpha value is -0.870. The summed E-state index contributed by atoms with van der Waals surface area (Å²) in [5.74, 6) is -0.254. The van der Waals surface area contributed by atoms with Gasteiger partial charge in [0, 0.05) is 11.9 Å². The molecule has 84 valence electrons. The molecule has 15 heavy (non-hydrogen) atoms. The van der Waals surface area contributed by atoms with Gasteiger partial charge in [-0.2, -0.15) is 0 Å². The number of amides is 1. The number of aliphatic hydroxyl groups is 1. The third-order valence-corrected chi connectivity index (χ3v) is 3.23. The van der Waals surface area contributed by atoms with Gasteiger partial charge in [-0.3, -0.25) is 4.79 Å². The number of aryl methyl sites for hydroxylation is 1. The van der Waals surface area contributed by atoms with Crippen LogP contribution in [-0.4, -0.2) is 28.6 Å². The summed E-state index contributed by atoms with van der Waals surface area (Å²) in [6, 6.07) is 2.03. The molecule has 0 fully saturated rings. The van der Waals surface area contributed by atoms with E-state index < -0.39 is 5.60 Å². The molecule has 4 heteroatoms. The van der Waals surface area contributed by atoms with Gasteiger partial charge in [-0.05, 0) is 37.8 Å². The molecule has 0 radical (unpaired) electrons. The van der Waals surface area contributed by atoms with Gasteiger partial charge in [-0.15, -0.1) is 11.3 Å². The van der Waals surface area contributed by atoms with Crippen LogP contribution in [0.3, 0.4) is 0 Å². The molecule has 1 heterocycles. The summed E-state index contributed by atoms with van der Waals surface area (Å²) in [6.45, 7) is 5.60. The van der Waals surface area contributed by atoms with Gasteiger partial charge in [0.15, 0.2) is 0 Å². The van der Waals surface area contributed by atoms with Crippen LogP contribution in [0.25, 0.3) is 0 Å². The normalized spacial score (nSPS) is 11.5. The van der Waals surface area contributed by atoms with Crippen LogP contribution in [0.5, 0.6) is 0 Å². The summed E-state index contributed by atoms with van der Waals surface area (Å²) in [7, 11) is 1.71. The lowest BCUT2D eigenvalue weighted by Gasteiger charge is -2.24. The van der Waals surface area contributed by atoms with Gasteiger partial charge in [-0.1, -0.05) is 0 Å². The predicted octanol–water partition coefficient (Wildman–Crippen LogP) is 1.79. The standard InChI is InChI=1S/C11H17NO2S/c1-8-5-6-15-9(8)7-12(4)10(13)11(2,3)14/h5-6,14H,7H2,1-4H3. The van der Waals surface area contributed by atoms with Crippen molar-refractivity contribution in [3.8, 4) is 0 Å². The summed E-state index contributed by atoms with van der Waals surface area (Å²) in [4.78, 5) is 14.4. The molecule has 0 spiro atoms. The Bertz CT molecular complexity index is 352. The largest absolute Gasteiger partial charge is 0.381 e. The molecule has 0 saturated carbocycles. The molecule has 0 atom stereocenters. The van der Waals surface area contributed by atoms with E-state index in [4.69, 9.17) is 0 Å². The van der Waals surface area contributed by atoms with Crippen LogP contribution in [0, 0.1) is 6.92 Å². The lowest BCUT2D eigenvalue weighted by molar-refractivity contribution is -0.146. The zero-order valence-corrected chi connectivity index (χ0v) is 10.4. The van der Waals surface area contributed by atoms with Gasteiger partial charge < -0.3 is 10.0 Å². The average Bonchev–Trinajstić information content (AvgIpc) is 2.49. The minimum Gasteiger partial charge on any atom is -0.381 e. The third-order valence-electron chi connectivity index (χ3n) is 2.22. The van der Waals surface area contributed by atoms with Crippen molar-refractivity contribution in [1.82, 2.24) is 4.90 Å². The Kier molecular flexibility index (Phi) is 3.52. The van der Waals surface area contributed by atoms with Crippen molar-refractivity contribution in [2.45, 2.75) is 32.9 Å². The molecule has 0 aromatic carbocycles. The fourth-order valence-electron chi connectivity index (χ4n) is 1.32. The number of thiophene rings is 1. The van der Waals surface area contributed by atoms with E-state index in [0.717, 1.165) is 4.88 Å². The number of hydrogen-bond acceptors (Lipinski definition) is 3. The molecular formula is C11H17NO2S. The minimum absolute atomic E-state index is 0.254. The molecule has 1 aromatic rings. The van der Waals surface area contributed by atoms with Crippen molar-refractivity contribution in [3.63, 3.8) is 0 Å². The van der Waals surface area contributed by atoms with E-state index in [0.29, 0.717) is 6.54 Å². The molecule has 1 aromatic heterocycles. The second kappa shape index (κ2) is 4.33. The first kappa shape index (κ1) is 12.2. The van der Waals surface area contributed by atoms with Crippen LogP contribution in [-0.2, 0) is 11.3 Å². The van der Waals surface area contributed by atoms with Crippen LogP contribution >= 0.6 is 11.3 Å². The highest BCUT2D eigenvalue weighted by atomic mass is 32.1. The molecule has 3 nitrogen and oxygen atoms in total. The fraction of sp³-hybridized carbons (Fsp3) is 0.545. The Morgan fingerprint density at radius 1 is 1.60 bits per heavy atom. The smallest absolute Gasteiger partial charge is 0.254 e. The van der Waals surface area contributed by atoms with Crippen molar-refractivity contribution in [3.05, 3.63) is 21.9 Å². The second-order valence-corrected chi connectivity index (χ2v) is 5.25. The van der Waals surface area contributed by atoms with E-state index in [-0.39, 0.29) is 5.91 Å². The van der Waals surface area contributed by atoms with Crippen LogP contribution < -0.4 is 0 Å². The van der Waals surface area contributed by atoms with Gasteiger partial charge in [0.2, 0.25) is 0 Å². The van der Waals surface area contributed by atoms with Gasteiger partial charge >= 0.3 is 0 Å². The van der Waals surface area contributed by atoms with Crippen molar-refractivity contribution in [2.75, 3.05) is 7.05 Å². The highest BCUT2D eigenvalue weighted by Crippen LogP contribution is 2.18. The molecule has 0 aliphatic heterocycles. The first-order valence-corrected chi connectivity index (χ1v) is 5.71. The van der Waals surface area contributed by atoms with Gasteiger partial charge in [0.05, 0.1) is 6.54 Å². The van der Waals surface area contributed by atoms with E-state index in [2.05, 4.69) is 0 Å².